The first-order valence-corrected chi connectivity index (χ1v) is 6.33. The maximum absolute atomic E-state index is 11.4. The van der Waals surface area contributed by atoms with Gasteiger partial charge in [0.05, 0.1) is 11.9 Å². The van der Waals surface area contributed by atoms with Gasteiger partial charge < -0.3 is 4.74 Å². The molecule has 0 aliphatic heterocycles. The number of hydrogen-bond acceptors (Lipinski definition) is 3. The van der Waals surface area contributed by atoms with Crippen LogP contribution >= 0.6 is 15.9 Å². The van der Waals surface area contributed by atoms with E-state index in [0.29, 0.717) is 12.2 Å². The van der Waals surface area contributed by atoms with Crippen LogP contribution in [0.3, 0.4) is 0 Å². The number of carbonyl (C=O) groups excluding carboxylic acids is 2. The number of carbonyl (C=O) groups is 2. The SMILES string of the molecule is CCOC(=O)/C=C/c1cccc(C(=O)CBr)c1. The van der Waals surface area contributed by atoms with Crippen molar-refractivity contribution in [1.82, 2.24) is 0 Å². The number of hydrogen-bond donors (Lipinski definition) is 0. The second-order valence-electron chi connectivity index (χ2n) is 3.27. The zero-order valence-electron chi connectivity index (χ0n) is 9.48. The molecule has 0 bridgehead atoms. The first-order chi connectivity index (χ1) is 8.17. The van der Waals surface area contributed by atoms with Crippen molar-refractivity contribution in [3.05, 3.63) is 41.5 Å². The third kappa shape index (κ3) is 4.53. The second kappa shape index (κ2) is 7.01. The number of esters is 1. The Morgan fingerprint density at radius 2 is 2.18 bits per heavy atom. The minimum atomic E-state index is -0.385. The number of rotatable bonds is 5. The fraction of sp³-hybridized carbons (Fsp3) is 0.231. The summed E-state index contributed by atoms with van der Waals surface area (Å²) in [5.74, 6) is -0.374. The maximum atomic E-state index is 11.4. The van der Waals surface area contributed by atoms with Crippen molar-refractivity contribution >= 4 is 33.8 Å². The van der Waals surface area contributed by atoms with Gasteiger partial charge in [0.2, 0.25) is 0 Å². The third-order valence-corrected chi connectivity index (χ3v) is 2.54. The van der Waals surface area contributed by atoms with Gasteiger partial charge in [-0.15, -0.1) is 0 Å². The predicted octanol–water partition coefficient (Wildman–Crippen LogP) is 2.84. The minimum Gasteiger partial charge on any atom is -0.463 e. The van der Waals surface area contributed by atoms with Crippen LogP contribution in [-0.4, -0.2) is 23.7 Å². The van der Waals surface area contributed by atoms with Gasteiger partial charge >= 0.3 is 5.97 Å². The van der Waals surface area contributed by atoms with Crippen molar-refractivity contribution in [1.29, 1.82) is 0 Å². The van der Waals surface area contributed by atoms with E-state index in [-0.39, 0.29) is 17.1 Å². The van der Waals surface area contributed by atoms with Crippen LogP contribution in [0.15, 0.2) is 30.3 Å². The van der Waals surface area contributed by atoms with Crippen LogP contribution in [0.4, 0.5) is 0 Å². The quantitative estimate of drug-likeness (QED) is 0.363. The molecule has 3 nitrogen and oxygen atoms in total. The van der Waals surface area contributed by atoms with Crippen molar-refractivity contribution in [3.63, 3.8) is 0 Å². The van der Waals surface area contributed by atoms with Gasteiger partial charge in [-0.05, 0) is 24.6 Å². The molecule has 1 rings (SSSR count). The predicted molar refractivity (Wildman–Crippen MR) is 70.2 cm³/mol. The molecule has 0 saturated carbocycles. The number of Topliss-reactive ketones (excluding diaryl/α,β-unsaturated/α-hetero) is 1. The Kier molecular flexibility index (Phi) is 5.63. The number of ether oxygens (including phenoxy) is 1. The van der Waals surface area contributed by atoms with Crippen LogP contribution < -0.4 is 0 Å². The Balaban J connectivity index is 2.78. The molecule has 0 aromatic heterocycles. The van der Waals surface area contributed by atoms with Crippen LogP contribution in [0.5, 0.6) is 0 Å². The summed E-state index contributed by atoms with van der Waals surface area (Å²) in [7, 11) is 0. The van der Waals surface area contributed by atoms with E-state index >= 15 is 0 Å². The number of alkyl halides is 1. The van der Waals surface area contributed by atoms with Gasteiger partial charge in [-0.3, -0.25) is 4.79 Å². The summed E-state index contributed by atoms with van der Waals surface area (Å²) in [5.41, 5.74) is 1.41. The highest BCUT2D eigenvalue weighted by Crippen LogP contribution is 2.09. The van der Waals surface area contributed by atoms with Gasteiger partial charge in [-0.1, -0.05) is 34.1 Å². The number of ketones is 1. The van der Waals surface area contributed by atoms with Crippen molar-refractivity contribution in [2.75, 3.05) is 11.9 Å². The molecular formula is C13H13BrO3. The molecule has 0 spiro atoms. The summed E-state index contributed by atoms with van der Waals surface area (Å²) >= 11 is 3.12. The fourth-order valence-electron chi connectivity index (χ4n) is 1.25. The van der Waals surface area contributed by atoms with Gasteiger partial charge in [-0.25, -0.2) is 4.79 Å². The molecule has 0 atom stereocenters. The van der Waals surface area contributed by atoms with Gasteiger partial charge in [0.1, 0.15) is 0 Å². The van der Waals surface area contributed by atoms with Crippen LogP contribution in [0.1, 0.15) is 22.8 Å². The second-order valence-corrected chi connectivity index (χ2v) is 3.83. The van der Waals surface area contributed by atoms with E-state index in [9.17, 15) is 9.59 Å². The highest BCUT2D eigenvalue weighted by Gasteiger charge is 2.03. The van der Waals surface area contributed by atoms with Crippen LogP contribution in [0.25, 0.3) is 6.08 Å². The van der Waals surface area contributed by atoms with E-state index in [1.165, 1.54) is 6.08 Å². The normalized spacial score (nSPS) is 10.5. The van der Waals surface area contributed by atoms with Crippen LogP contribution in [-0.2, 0) is 9.53 Å². The number of halogens is 1. The molecular weight excluding hydrogens is 284 g/mol. The lowest BCUT2D eigenvalue weighted by Gasteiger charge is -1.99. The van der Waals surface area contributed by atoms with Gasteiger partial charge in [0.15, 0.2) is 5.78 Å². The molecule has 0 aliphatic carbocycles. The van der Waals surface area contributed by atoms with Crippen molar-refractivity contribution in [2.45, 2.75) is 6.92 Å². The average Bonchev–Trinajstić information content (AvgIpc) is 2.36. The Bertz CT molecular complexity index is 438. The highest BCUT2D eigenvalue weighted by molar-refractivity contribution is 9.09. The molecule has 0 amide bonds. The molecule has 17 heavy (non-hydrogen) atoms. The Hall–Kier alpha value is -1.42. The van der Waals surface area contributed by atoms with Crippen molar-refractivity contribution in [3.8, 4) is 0 Å². The van der Waals surface area contributed by atoms with Gasteiger partial charge in [0, 0.05) is 11.6 Å². The van der Waals surface area contributed by atoms with E-state index in [4.69, 9.17) is 4.74 Å². The van der Waals surface area contributed by atoms with E-state index in [2.05, 4.69) is 15.9 Å². The lowest BCUT2D eigenvalue weighted by Crippen LogP contribution is -2.00. The molecule has 0 unspecified atom stereocenters. The summed E-state index contributed by atoms with van der Waals surface area (Å²) < 4.78 is 4.76. The summed E-state index contributed by atoms with van der Waals surface area (Å²) in [4.78, 5) is 22.6. The number of benzene rings is 1. The molecule has 0 N–H and O–H groups in total. The van der Waals surface area contributed by atoms with Crippen LogP contribution in [0, 0.1) is 0 Å². The fourth-order valence-corrected chi connectivity index (χ4v) is 1.57. The lowest BCUT2D eigenvalue weighted by atomic mass is 10.1. The van der Waals surface area contributed by atoms with Gasteiger partial charge in [-0.2, -0.15) is 0 Å². The summed E-state index contributed by atoms with van der Waals surface area (Å²) in [6, 6.07) is 7.08. The minimum absolute atomic E-state index is 0.0105. The van der Waals surface area contributed by atoms with Crippen molar-refractivity contribution < 1.29 is 14.3 Å². The smallest absolute Gasteiger partial charge is 0.330 e. The topological polar surface area (TPSA) is 43.4 Å². The molecule has 1 aromatic carbocycles. The maximum Gasteiger partial charge on any atom is 0.330 e. The van der Waals surface area contributed by atoms with Crippen molar-refractivity contribution in [2.24, 2.45) is 0 Å². The Morgan fingerprint density at radius 1 is 1.41 bits per heavy atom. The van der Waals surface area contributed by atoms with E-state index in [1.54, 1.807) is 31.2 Å². The first-order valence-electron chi connectivity index (χ1n) is 5.21. The highest BCUT2D eigenvalue weighted by atomic mass is 79.9. The lowest BCUT2D eigenvalue weighted by molar-refractivity contribution is -0.137. The van der Waals surface area contributed by atoms with Gasteiger partial charge in [0.25, 0.3) is 0 Å². The Morgan fingerprint density at radius 3 is 2.82 bits per heavy atom. The average molecular weight is 297 g/mol. The molecule has 0 radical (unpaired) electrons. The largest absolute Gasteiger partial charge is 0.463 e. The summed E-state index contributed by atoms with van der Waals surface area (Å²) in [6.07, 6.45) is 2.98. The van der Waals surface area contributed by atoms with E-state index in [1.807, 2.05) is 6.07 Å². The molecule has 0 fully saturated rings. The first kappa shape index (κ1) is 13.6. The monoisotopic (exact) mass is 296 g/mol. The molecule has 1 aromatic rings. The van der Waals surface area contributed by atoms with E-state index in [0.717, 1.165) is 5.56 Å². The molecule has 90 valence electrons. The van der Waals surface area contributed by atoms with Crippen LogP contribution in [0.2, 0.25) is 0 Å². The standard InChI is InChI=1S/C13H13BrO3/c1-2-17-13(16)7-6-10-4-3-5-11(8-10)12(15)9-14/h3-8H,2,9H2,1H3/b7-6+. The zero-order valence-corrected chi connectivity index (χ0v) is 11.1. The van der Waals surface area contributed by atoms with E-state index < -0.39 is 0 Å². The zero-order chi connectivity index (χ0) is 12.7. The summed E-state index contributed by atoms with van der Waals surface area (Å²) in [6.45, 7) is 2.10. The Labute approximate surface area is 109 Å². The third-order valence-electron chi connectivity index (χ3n) is 2.03. The molecule has 0 aliphatic rings. The molecule has 0 saturated heterocycles. The molecule has 0 heterocycles. The summed E-state index contributed by atoms with van der Waals surface area (Å²) in [5, 5.41) is 0.290. The molecule has 4 heteroatoms.